The minimum atomic E-state index is -0.814. The lowest BCUT2D eigenvalue weighted by atomic mass is 9.83. The first-order chi connectivity index (χ1) is 9.67. The largest absolute Gasteiger partial charge is 0.382 e. The summed E-state index contributed by atoms with van der Waals surface area (Å²) < 4.78 is 32.2. The summed E-state index contributed by atoms with van der Waals surface area (Å²) in [5.74, 6) is -1.63. The Balaban J connectivity index is 1.53. The van der Waals surface area contributed by atoms with Crippen molar-refractivity contribution in [3.05, 3.63) is 29.8 Å². The van der Waals surface area contributed by atoms with Crippen molar-refractivity contribution in [2.45, 2.75) is 56.7 Å². The molecule has 1 saturated heterocycles. The van der Waals surface area contributed by atoms with Crippen molar-refractivity contribution in [3.8, 4) is 0 Å². The molecule has 0 bridgehead atoms. The maximum absolute atomic E-state index is 13.1. The lowest BCUT2D eigenvalue weighted by Gasteiger charge is -2.33. The molecule has 1 aliphatic carbocycles. The Labute approximate surface area is 118 Å². The van der Waals surface area contributed by atoms with Crippen LogP contribution in [0.4, 0.5) is 14.5 Å². The SMILES string of the molecule is Fc1ccc(NCC2CCC3(CCCCC3)O2)cc1F. The van der Waals surface area contributed by atoms with Crippen LogP contribution in [0.15, 0.2) is 18.2 Å². The Hall–Kier alpha value is -1.16. The van der Waals surface area contributed by atoms with E-state index in [-0.39, 0.29) is 11.7 Å². The highest BCUT2D eigenvalue weighted by atomic mass is 19.2. The van der Waals surface area contributed by atoms with Crippen molar-refractivity contribution in [1.29, 1.82) is 0 Å². The van der Waals surface area contributed by atoms with Gasteiger partial charge in [0.15, 0.2) is 11.6 Å². The summed E-state index contributed by atoms with van der Waals surface area (Å²) >= 11 is 0. The Morgan fingerprint density at radius 1 is 1.10 bits per heavy atom. The molecule has 1 aliphatic heterocycles. The quantitative estimate of drug-likeness (QED) is 0.894. The second kappa shape index (κ2) is 5.68. The average molecular weight is 281 g/mol. The number of anilines is 1. The van der Waals surface area contributed by atoms with Gasteiger partial charge in [0.1, 0.15) is 0 Å². The minimum absolute atomic E-state index is 0.110. The first-order valence-corrected chi connectivity index (χ1v) is 7.54. The molecule has 20 heavy (non-hydrogen) atoms. The van der Waals surface area contributed by atoms with Crippen LogP contribution in [-0.2, 0) is 4.74 Å². The molecule has 0 radical (unpaired) electrons. The van der Waals surface area contributed by atoms with Crippen molar-refractivity contribution < 1.29 is 13.5 Å². The molecule has 4 heteroatoms. The van der Waals surface area contributed by atoms with Crippen molar-refractivity contribution in [3.63, 3.8) is 0 Å². The fourth-order valence-electron chi connectivity index (χ4n) is 3.44. The molecule has 1 saturated carbocycles. The van der Waals surface area contributed by atoms with Crippen LogP contribution in [0, 0.1) is 11.6 Å². The molecule has 1 aromatic rings. The van der Waals surface area contributed by atoms with Gasteiger partial charge in [-0.25, -0.2) is 8.78 Å². The molecule has 0 amide bonds. The molecule has 2 fully saturated rings. The summed E-state index contributed by atoms with van der Waals surface area (Å²) in [5, 5.41) is 3.14. The van der Waals surface area contributed by atoms with Gasteiger partial charge in [0.2, 0.25) is 0 Å². The third-order valence-electron chi connectivity index (χ3n) is 4.56. The van der Waals surface area contributed by atoms with Crippen LogP contribution in [0.3, 0.4) is 0 Å². The number of nitrogens with one attached hydrogen (secondary N) is 1. The molecule has 110 valence electrons. The van der Waals surface area contributed by atoms with Crippen LogP contribution in [0.5, 0.6) is 0 Å². The van der Waals surface area contributed by atoms with E-state index in [2.05, 4.69) is 5.32 Å². The smallest absolute Gasteiger partial charge is 0.160 e. The predicted octanol–water partition coefficient (Wildman–Crippen LogP) is 4.26. The van der Waals surface area contributed by atoms with E-state index < -0.39 is 11.6 Å². The van der Waals surface area contributed by atoms with Crippen LogP contribution in [0.1, 0.15) is 44.9 Å². The van der Waals surface area contributed by atoms with E-state index in [9.17, 15) is 8.78 Å². The van der Waals surface area contributed by atoms with Gasteiger partial charge in [-0.3, -0.25) is 0 Å². The molecule has 2 nitrogen and oxygen atoms in total. The number of benzene rings is 1. The molecule has 1 aromatic carbocycles. The van der Waals surface area contributed by atoms with E-state index in [4.69, 9.17) is 4.74 Å². The topological polar surface area (TPSA) is 21.3 Å². The standard InChI is InChI=1S/C16H21F2NO/c17-14-5-4-12(10-15(14)18)19-11-13-6-9-16(20-13)7-2-1-3-8-16/h4-5,10,13,19H,1-3,6-9,11H2. The zero-order valence-electron chi connectivity index (χ0n) is 11.6. The van der Waals surface area contributed by atoms with E-state index in [1.165, 1.54) is 38.2 Å². The van der Waals surface area contributed by atoms with E-state index in [1.54, 1.807) is 6.07 Å². The third-order valence-corrected chi connectivity index (χ3v) is 4.56. The summed E-state index contributed by atoms with van der Waals surface area (Å²) in [4.78, 5) is 0. The molecular formula is C16H21F2NO. The fourth-order valence-corrected chi connectivity index (χ4v) is 3.44. The summed E-state index contributed by atoms with van der Waals surface area (Å²) in [7, 11) is 0. The highest BCUT2D eigenvalue weighted by Crippen LogP contribution is 2.41. The second-order valence-electron chi connectivity index (χ2n) is 6.03. The zero-order valence-corrected chi connectivity index (χ0v) is 11.6. The van der Waals surface area contributed by atoms with Gasteiger partial charge in [0, 0.05) is 18.3 Å². The maximum Gasteiger partial charge on any atom is 0.160 e. The van der Waals surface area contributed by atoms with E-state index >= 15 is 0 Å². The Morgan fingerprint density at radius 3 is 2.65 bits per heavy atom. The monoisotopic (exact) mass is 281 g/mol. The molecule has 1 heterocycles. The maximum atomic E-state index is 13.1. The summed E-state index contributed by atoms with van der Waals surface area (Å²) in [6.45, 7) is 0.660. The summed E-state index contributed by atoms with van der Waals surface area (Å²) in [5.41, 5.74) is 0.718. The van der Waals surface area contributed by atoms with Crippen LogP contribution in [0.2, 0.25) is 0 Å². The first kappa shape index (κ1) is 13.8. The van der Waals surface area contributed by atoms with Crippen LogP contribution in [0.25, 0.3) is 0 Å². The van der Waals surface area contributed by atoms with Crippen molar-refractivity contribution in [2.75, 3.05) is 11.9 Å². The van der Waals surface area contributed by atoms with E-state index in [0.717, 1.165) is 18.9 Å². The zero-order chi connectivity index (χ0) is 14.0. The van der Waals surface area contributed by atoms with Gasteiger partial charge in [0.05, 0.1) is 11.7 Å². The van der Waals surface area contributed by atoms with Crippen LogP contribution < -0.4 is 5.32 Å². The van der Waals surface area contributed by atoms with Gasteiger partial charge in [-0.1, -0.05) is 19.3 Å². The lowest BCUT2D eigenvalue weighted by Crippen LogP contribution is -2.33. The third kappa shape index (κ3) is 2.95. The predicted molar refractivity (Wildman–Crippen MR) is 74.8 cm³/mol. The molecule has 1 unspecified atom stereocenters. The first-order valence-electron chi connectivity index (χ1n) is 7.54. The highest BCUT2D eigenvalue weighted by molar-refractivity contribution is 5.43. The van der Waals surface area contributed by atoms with Crippen molar-refractivity contribution >= 4 is 5.69 Å². The van der Waals surface area contributed by atoms with Gasteiger partial charge in [-0.05, 0) is 37.8 Å². The van der Waals surface area contributed by atoms with Crippen molar-refractivity contribution in [1.82, 2.24) is 0 Å². The van der Waals surface area contributed by atoms with E-state index in [0.29, 0.717) is 12.2 Å². The molecular weight excluding hydrogens is 260 g/mol. The number of hydrogen-bond donors (Lipinski definition) is 1. The van der Waals surface area contributed by atoms with E-state index in [1.807, 2.05) is 0 Å². The Kier molecular flexibility index (Phi) is 3.92. The van der Waals surface area contributed by atoms with Gasteiger partial charge < -0.3 is 10.1 Å². The molecule has 2 aliphatic rings. The normalized spacial score (nSPS) is 25.0. The number of hydrogen-bond acceptors (Lipinski definition) is 2. The van der Waals surface area contributed by atoms with Gasteiger partial charge in [-0.15, -0.1) is 0 Å². The number of ether oxygens (including phenoxy) is 1. The highest BCUT2D eigenvalue weighted by Gasteiger charge is 2.40. The fraction of sp³-hybridized carbons (Fsp3) is 0.625. The molecule has 1 atom stereocenters. The Morgan fingerprint density at radius 2 is 1.90 bits per heavy atom. The average Bonchev–Trinajstić information content (AvgIpc) is 2.84. The van der Waals surface area contributed by atoms with Crippen LogP contribution >= 0.6 is 0 Å². The van der Waals surface area contributed by atoms with Gasteiger partial charge in [0.25, 0.3) is 0 Å². The minimum Gasteiger partial charge on any atom is -0.382 e. The molecule has 3 rings (SSSR count). The number of rotatable bonds is 3. The van der Waals surface area contributed by atoms with Crippen LogP contribution in [-0.4, -0.2) is 18.2 Å². The van der Waals surface area contributed by atoms with Crippen molar-refractivity contribution in [2.24, 2.45) is 0 Å². The Bertz CT molecular complexity index is 472. The molecule has 1 spiro atoms. The van der Waals surface area contributed by atoms with Gasteiger partial charge >= 0.3 is 0 Å². The van der Waals surface area contributed by atoms with Gasteiger partial charge in [-0.2, -0.15) is 0 Å². The second-order valence-corrected chi connectivity index (χ2v) is 6.03. The summed E-state index contributed by atoms with van der Waals surface area (Å²) in [6, 6.07) is 3.90. The summed E-state index contributed by atoms with van der Waals surface area (Å²) in [6.07, 6.45) is 8.58. The number of halogens is 2. The molecule has 0 aromatic heterocycles. The lowest BCUT2D eigenvalue weighted by molar-refractivity contribution is -0.0588. The molecule has 1 N–H and O–H groups in total.